The van der Waals surface area contributed by atoms with Crippen molar-refractivity contribution in [2.45, 2.75) is 70.1 Å². The van der Waals surface area contributed by atoms with Crippen LogP contribution in [0.5, 0.6) is 0 Å². The van der Waals surface area contributed by atoms with Crippen LogP contribution in [0, 0.1) is 0 Å². The molecule has 9 nitrogen and oxygen atoms in total. The Morgan fingerprint density at radius 3 is 1.93 bits per heavy atom. The van der Waals surface area contributed by atoms with Gasteiger partial charge in [0.05, 0.1) is 36.1 Å². The fourth-order valence-electron chi connectivity index (χ4n) is 6.41. The third kappa shape index (κ3) is 5.42. The molecule has 4 atom stereocenters. The number of aromatic amines is 1. The van der Waals surface area contributed by atoms with Crippen LogP contribution in [0.1, 0.15) is 63.4 Å². The van der Waals surface area contributed by atoms with Crippen molar-refractivity contribution in [1.29, 1.82) is 0 Å². The molecule has 42 heavy (non-hydrogen) atoms. The Bertz CT molecular complexity index is 1520. The van der Waals surface area contributed by atoms with Crippen LogP contribution in [0.2, 0.25) is 0 Å². The number of allylic oxidation sites excluding steroid dienone is 1. The van der Waals surface area contributed by atoms with Crippen LogP contribution < -0.4 is 11.5 Å². The van der Waals surface area contributed by atoms with Crippen molar-refractivity contribution in [2.24, 2.45) is 16.5 Å². The quantitative estimate of drug-likeness (QED) is 0.393. The summed E-state index contributed by atoms with van der Waals surface area (Å²) >= 11 is 0. The summed E-state index contributed by atoms with van der Waals surface area (Å²) in [4.78, 5) is 41.6. The maximum absolute atomic E-state index is 12.6. The molecule has 0 spiro atoms. The number of carbonyl (C=O) groups excluding carboxylic acids is 2. The van der Waals surface area contributed by atoms with Gasteiger partial charge in [-0.15, -0.1) is 0 Å². The van der Waals surface area contributed by atoms with E-state index in [1.807, 2.05) is 22.2 Å². The van der Waals surface area contributed by atoms with Crippen molar-refractivity contribution in [2.75, 3.05) is 13.1 Å². The smallest absolute Gasteiger partial charge is 0.239 e. The van der Waals surface area contributed by atoms with Gasteiger partial charge in [0, 0.05) is 31.4 Å². The zero-order chi connectivity index (χ0) is 29.4. The van der Waals surface area contributed by atoms with Crippen molar-refractivity contribution >= 4 is 23.1 Å². The van der Waals surface area contributed by atoms with E-state index < -0.39 is 12.1 Å². The number of likely N-dealkylation sites (tertiary alicyclic amines) is 2. The topological polar surface area (TPSA) is 134 Å². The second kappa shape index (κ2) is 11.7. The lowest BCUT2D eigenvalue weighted by atomic mass is 9.96. The van der Waals surface area contributed by atoms with Crippen LogP contribution in [0.25, 0.3) is 28.0 Å². The third-order valence-electron chi connectivity index (χ3n) is 8.69. The van der Waals surface area contributed by atoms with Gasteiger partial charge in [-0.1, -0.05) is 48.5 Å². The Morgan fingerprint density at radius 1 is 0.810 bits per heavy atom. The van der Waals surface area contributed by atoms with Gasteiger partial charge in [0.2, 0.25) is 11.8 Å². The van der Waals surface area contributed by atoms with Gasteiger partial charge in [-0.25, -0.2) is 4.98 Å². The largest absolute Gasteiger partial charge is 0.340 e. The maximum Gasteiger partial charge on any atom is 0.239 e. The molecule has 218 valence electrons. The number of benzene rings is 2. The van der Waals surface area contributed by atoms with Gasteiger partial charge in [-0.2, -0.15) is 0 Å². The first-order valence-electron chi connectivity index (χ1n) is 14.9. The van der Waals surface area contributed by atoms with Crippen LogP contribution in [0.4, 0.5) is 0 Å². The molecule has 0 bridgehead atoms. The number of amides is 2. The van der Waals surface area contributed by atoms with Crippen molar-refractivity contribution in [3.05, 3.63) is 72.3 Å². The second-order valence-electron chi connectivity index (χ2n) is 11.7. The predicted octanol–water partition coefficient (Wildman–Crippen LogP) is 4.28. The molecule has 9 heteroatoms. The second-order valence-corrected chi connectivity index (χ2v) is 11.7. The van der Waals surface area contributed by atoms with E-state index in [1.165, 1.54) is 5.57 Å². The van der Waals surface area contributed by atoms with Gasteiger partial charge in [0.15, 0.2) is 0 Å². The van der Waals surface area contributed by atoms with E-state index in [2.05, 4.69) is 58.5 Å². The molecular formula is C33H39N7O2. The van der Waals surface area contributed by atoms with Crippen molar-refractivity contribution in [1.82, 2.24) is 19.8 Å². The number of H-pyrrole nitrogens is 1. The monoisotopic (exact) mass is 565 g/mol. The van der Waals surface area contributed by atoms with E-state index in [-0.39, 0.29) is 23.9 Å². The van der Waals surface area contributed by atoms with E-state index in [0.29, 0.717) is 6.54 Å². The zero-order valence-electron chi connectivity index (χ0n) is 24.3. The first kappa shape index (κ1) is 28.1. The lowest BCUT2D eigenvalue weighted by molar-refractivity contribution is -0.133. The number of hydrogen-bond donors (Lipinski definition) is 3. The van der Waals surface area contributed by atoms with E-state index in [4.69, 9.17) is 16.5 Å². The molecule has 6 rings (SSSR count). The Morgan fingerprint density at radius 2 is 1.33 bits per heavy atom. The average molecular weight is 566 g/mol. The SMILES string of the molecule is C[C@H](N)C(=O)N1CCCC1c1ncc(-c2ccc(-c3ccc(C4=CN=C([C@@H]5CCCN5C(=O)[C@H](C)N)C4)cc3)cc2)[nH]1. The van der Waals surface area contributed by atoms with Gasteiger partial charge in [0.1, 0.15) is 5.82 Å². The summed E-state index contributed by atoms with van der Waals surface area (Å²) < 4.78 is 0. The lowest BCUT2D eigenvalue weighted by Gasteiger charge is -2.26. The highest BCUT2D eigenvalue weighted by Gasteiger charge is 2.35. The summed E-state index contributed by atoms with van der Waals surface area (Å²) in [5, 5.41) is 0. The number of aliphatic imine (C=N–C) groups is 1. The number of imidazole rings is 1. The first-order valence-corrected chi connectivity index (χ1v) is 14.9. The first-order chi connectivity index (χ1) is 20.3. The Kier molecular flexibility index (Phi) is 7.79. The van der Waals surface area contributed by atoms with E-state index in [9.17, 15) is 9.59 Å². The molecule has 4 heterocycles. The van der Waals surface area contributed by atoms with Crippen LogP contribution >= 0.6 is 0 Å². The van der Waals surface area contributed by atoms with E-state index >= 15 is 0 Å². The Hall–Kier alpha value is -4.08. The predicted molar refractivity (Wildman–Crippen MR) is 165 cm³/mol. The molecule has 0 radical (unpaired) electrons. The van der Waals surface area contributed by atoms with E-state index in [1.54, 1.807) is 13.8 Å². The number of carbonyl (C=O) groups is 2. The van der Waals surface area contributed by atoms with Crippen molar-refractivity contribution in [3.8, 4) is 22.4 Å². The molecule has 1 unspecified atom stereocenters. The summed E-state index contributed by atoms with van der Waals surface area (Å²) in [6.07, 6.45) is 8.31. The van der Waals surface area contributed by atoms with Crippen LogP contribution in [0.3, 0.4) is 0 Å². The molecule has 3 aromatic rings. The zero-order valence-corrected chi connectivity index (χ0v) is 24.3. The number of hydrogen-bond acceptors (Lipinski definition) is 6. The van der Waals surface area contributed by atoms with Gasteiger partial charge in [-0.3, -0.25) is 14.6 Å². The van der Waals surface area contributed by atoms with Crippen LogP contribution in [0.15, 0.2) is 65.9 Å². The fourth-order valence-corrected chi connectivity index (χ4v) is 6.41. The molecule has 2 aromatic carbocycles. The molecular weight excluding hydrogens is 526 g/mol. The molecule has 2 saturated heterocycles. The fraction of sp³-hybridized carbons (Fsp3) is 0.394. The molecule has 1 aromatic heterocycles. The number of nitrogens with zero attached hydrogens (tertiary/aromatic N) is 4. The molecule has 5 N–H and O–H groups in total. The maximum atomic E-state index is 12.6. The van der Waals surface area contributed by atoms with Gasteiger partial charge in [-0.05, 0) is 67.4 Å². The number of aromatic nitrogens is 2. The normalized spacial score (nSPS) is 21.8. The highest BCUT2D eigenvalue weighted by molar-refractivity contribution is 6.03. The number of rotatable bonds is 7. The summed E-state index contributed by atoms with van der Waals surface area (Å²) in [6.45, 7) is 4.95. The number of nitrogens with one attached hydrogen (secondary N) is 1. The minimum Gasteiger partial charge on any atom is -0.340 e. The summed E-state index contributed by atoms with van der Waals surface area (Å²) in [6, 6.07) is 16.0. The van der Waals surface area contributed by atoms with E-state index in [0.717, 1.165) is 78.1 Å². The molecule has 0 saturated carbocycles. The standard InChI is InChI=1S/C33H39N7O2/c1-20(34)32(41)39-15-3-5-29(39)27-17-26(18-36-27)24-9-7-22(8-10-24)23-11-13-25(14-12-23)28-19-37-31(38-28)30-6-4-16-40(30)33(42)21(2)35/h7-14,18-21,29-30H,3-6,15-17,34-35H2,1-2H3,(H,37,38)/t20-,21-,29-,30?/m0/s1. The summed E-state index contributed by atoms with van der Waals surface area (Å²) in [5.74, 6) is 0.786. The summed E-state index contributed by atoms with van der Waals surface area (Å²) in [7, 11) is 0. The third-order valence-corrected chi connectivity index (χ3v) is 8.69. The van der Waals surface area contributed by atoms with Crippen molar-refractivity contribution < 1.29 is 9.59 Å². The molecule has 2 fully saturated rings. The minimum absolute atomic E-state index is 0.00566. The molecule has 3 aliphatic heterocycles. The Balaban J connectivity index is 1.10. The van der Waals surface area contributed by atoms with Crippen LogP contribution in [-0.4, -0.2) is 68.5 Å². The van der Waals surface area contributed by atoms with Crippen LogP contribution in [-0.2, 0) is 9.59 Å². The van der Waals surface area contributed by atoms with Gasteiger partial charge in [0.25, 0.3) is 0 Å². The van der Waals surface area contributed by atoms with Gasteiger partial charge < -0.3 is 26.3 Å². The highest BCUT2D eigenvalue weighted by atomic mass is 16.2. The minimum atomic E-state index is -0.511. The Labute approximate surface area is 246 Å². The van der Waals surface area contributed by atoms with Crippen molar-refractivity contribution in [3.63, 3.8) is 0 Å². The summed E-state index contributed by atoms with van der Waals surface area (Å²) in [5.41, 5.74) is 19.3. The molecule has 2 amide bonds. The molecule has 3 aliphatic rings. The number of nitrogens with two attached hydrogens (primary N) is 2. The van der Waals surface area contributed by atoms with Gasteiger partial charge >= 0.3 is 0 Å². The highest BCUT2D eigenvalue weighted by Crippen LogP contribution is 2.34. The lowest BCUT2D eigenvalue weighted by Crippen LogP contribution is -2.47. The average Bonchev–Trinajstić information content (AvgIpc) is 3.82. The molecule has 0 aliphatic carbocycles.